The molecule has 1 fully saturated rings. The maximum Gasteiger partial charge on any atom is 0.330 e. The third-order valence-electron chi connectivity index (χ3n) is 2.71. The number of nitrogens with one attached hydrogen (secondary N) is 1. The maximum atomic E-state index is 11.6. The lowest BCUT2D eigenvalue weighted by Gasteiger charge is -2.24. The first-order valence-electron chi connectivity index (χ1n) is 5.79. The number of methoxy groups -OCH3 is 1. The highest BCUT2D eigenvalue weighted by Crippen LogP contribution is 2.28. The highest BCUT2D eigenvalue weighted by Gasteiger charge is 2.43. The van der Waals surface area contributed by atoms with E-state index in [1.807, 2.05) is 0 Å². The predicted molar refractivity (Wildman–Crippen MR) is 67.8 cm³/mol. The van der Waals surface area contributed by atoms with E-state index in [0.29, 0.717) is 25.4 Å². The van der Waals surface area contributed by atoms with Crippen LogP contribution in [0.5, 0.6) is 0 Å². The second kappa shape index (κ2) is 7.60. The second-order valence-corrected chi connectivity index (χ2v) is 5.20. The van der Waals surface area contributed by atoms with Gasteiger partial charge in [-0.3, -0.25) is 4.79 Å². The van der Waals surface area contributed by atoms with Crippen molar-refractivity contribution in [3.63, 3.8) is 0 Å². The van der Waals surface area contributed by atoms with Crippen molar-refractivity contribution < 1.29 is 24.2 Å². The molecule has 0 aromatic rings. The Kier molecular flexibility index (Phi) is 6.45. The first-order chi connectivity index (χ1) is 8.60. The Morgan fingerprint density at radius 1 is 1.39 bits per heavy atom. The van der Waals surface area contributed by atoms with E-state index in [4.69, 9.17) is 9.47 Å². The van der Waals surface area contributed by atoms with Crippen LogP contribution in [-0.2, 0) is 19.1 Å². The Labute approximate surface area is 110 Å². The summed E-state index contributed by atoms with van der Waals surface area (Å²) >= 11 is 1.54. The molecule has 0 aromatic heterocycles. The fourth-order valence-electron chi connectivity index (χ4n) is 1.62. The Hall–Kier alpha value is -0.790. The molecule has 2 N–H and O–H groups in total. The van der Waals surface area contributed by atoms with E-state index in [1.165, 1.54) is 0 Å². The normalized spacial score (nSPS) is 22.9. The second-order valence-electron chi connectivity index (χ2n) is 4.09. The van der Waals surface area contributed by atoms with Gasteiger partial charge in [0.2, 0.25) is 5.91 Å². The van der Waals surface area contributed by atoms with E-state index < -0.39 is 11.5 Å². The number of carboxylic acid groups (broad SMARTS) is 1. The van der Waals surface area contributed by atoms with Crippen LogP contribution >= 0.6 is 11.8 Å². The zero-order valence-corrected chi connectivity index (χ0v) is 11.3. The first-order valence-corrected chi connectivity index (χ1v) is 6.95. The van der Waals surface area contributed by atoms with Gasteiger partial charge in [-0.1, -0.05) is 0 Å². The van der Waals surface area contributed by atoms with Crippen molar-refractivity contribution in [1.82, 2.24) is 5.32 Å². The number of carboxylic acids is 1. The largest absolute Gasteiger partial charge is 0.479 e. The molecule has 1 aliphatic heterocycles. The number of rotatable bonds is 8. The molecular weight excluding hydrogens is 258 g/mol. The van der Waals surface area contributed by atoms with Gasteiger partial charge < -0.3 is 19.9 Å². The SMILES string of the molecule is COCCOCCC(=O)NC1(C(=O)O)CCSC1. The number of hydrogen-bond donors (Lipinski definition) is 2. The lowest BCUT2D eigenvalue weighted by molar-refractivity contribution is -0.146. The van der Waals surface area contributed by atoms with Crippen LogP contribution < -0.4 is 5.32 Å². The van der Waals surface area contributed by atoms with Crippen molar-refractivity contribution in [3.8, 4) is 0 Å². The average molecular weight is 277 g/mol. The first kappa shape index (κ1) is 15.3. The van der Waals surface area contributed by atoms with Gasteiger partial charge in [-0.25, -0.2) is 4.79 Å². The molecule has 7 heteroatoms. The third-order valence-corrected chi connectivity index (χ3v) is 3.90. The van der Waals surface area contributed by atoms with Crippen molar-refractivity contribution >= 4 is 23.6 Å². The molecular formula is C11H19NO5S. The van der Waals surface area contributed by atoms with Gasteiger partial charge in [-0.05, 0) is 12.2 Å². The van der Waals surface area contributed by atoms with Crippen LogP contribution in [0.25, 0.3) is 0 Å². The number of ether oxygens (including phenoxy) is 2. The van der Waals surface area contributed by atoms with Crippen LogP contribution in [0.15, 0.2) is 0 Å². The zero-order chi connectivity index (χ0) is 13.4. The number of hydrogen-bond acceptors (Lipinski definition) is 5. The smallest absolute Gasteiger partial charge is 0.330 e. The van der Waals surface area contributed by atoms with Crippen LogP contribution in [0.3, 0.4) is 0 Å². The van der Waals surface area contributed by atoms with Gasteiger partial charge in [-0.2, -0.15) is 11.8 Å². The van der Waals surface area contributed by atoms with Gasteiger partial charge in [0, 0.05) is 19.3 Å². The monoisotopic (exact) mass is 277 g/mol. The number of aliphatic carboxylic acids is 1. The molecule has 0 radical (unpaired) electrons. The molecule has 6 nitrogen and oxygen atoms in total. The summed E-state index contributed by atoms with van der Waals surface area (Å²) in [5, 5.41) is 11.8. The molecule has 0 aromatic carbocycles. The average Bonchev–Trinajstić information content (AvgIpc) is 2.78. The molecule has 1 saturated heterocycles. The molecule has 0 spiro atoms. The van der Waals surface area contributed by atoms with Gasteiger partial charge in [0.05, 0.1) is 19.8 Å². The molecule has 1 rings (SSSR count). The standard InChI is InChI=1S/C11H19NO5S/c1-16-5-6-17-4-2-9(13)12-11(10(14)15)3-7-18-8-11/h2-8H2,1H3,(H,12,13)(H,14,15). The number of carbonyl (C=O) groups is 2. The van der Waals surface area contributed by atoms with E-state index in [9.17, 15) is 14.7 Å². The van der Waals surface area contributed by atoms with Crippen molar-refractivity contribution in [1.29, 1.82) is 0 Å². The minimum atomic E-state index is -1.09. The zero-order valence-electron chi connectivity index (χ0n) is 10.4. The van der Waals surface area contributed by atoms with Crippen molar-refractivity contribution in [2.24, 2.45) is 0 Å². The molecule has 104 valence electrons. The fourth-order valence-corrected chi connectivity index (χ4v) is 2.95. The molecule has 1 heterocycles. The highest BCUT2D eigenvalue weighted by molar-refractivity contribution is 7.99. The fraction of sp³-hybridized carbons (Fsp3) is 0.818. The number of thioether (sulfide) groups is 1. The number of amides is 1. The summed E-state index contributed by atoms with van der Waals surface area (Å²) in [6.45, 7) is 1.19. The minimum Gasteiger partial charge on any atom is -0.479 e. The van der Waals surface area contributed by atoms with E-state index in [2.05, 4.69) is 5.32 Å². The summed E-state index contributed by atoms with van der Waals surface area (Å²) in [7, 11) is 1.57. The molecule has 1 amide bonds. The Bertz CT molecular complexity index is 291. The van der Waals surface area contributed by atoms with Crippen LogP contribution in [0.1, 0.15) is 12.8 Å². The van der Waals surface area contributed by atoms with Crippen LogP contribution in [0, 0.1) is 0 Å². The summed E-state index contributed by atoms with van der Waals surface area (Å²) in [6.07, 6.45) is 0.646. The van der Waals surface area contributed by atoms with Crippen LogP contribution in [0.4, 0.5) is 0 Å². The Morgan fingerprint density at radius 3 is 2.72 bits per heavy atom. The maximum absolute atomic E-state index is 11.6. The van der Waals surface area contributed by atoms with Crippen molar-refractivity contribution in [2.75, 3.05) is 38.4 Å². The van der Waals surface area contributed by atoms with Crippen LogP contribution in [0.2, 0.25) is 0 Å². The summed E-state index contributed by atoms with van der Waals surface area (Å²) in [5.74, 6) is -0.0475. The van der Waals surface area contributed by atoms with Crippen molar-refractivity contribution in [2.45, 2.75) is 18.4 Å². The molecule has 1 aliphatic rings. The van der Waals surface area contributed by atoms with Gasteiger partial charge in [-0.15, -0.1) is 0 Å². The summed E-state index contributed by atoms with van der Waals surface area (Å²) in [4.78, 5) is 22.8. The molecule has 0 bridgehead atoms. The van der Waals surface area contributed by atoms with E-state index >= 15 is 0 Å². The highest BCUT2D eigenvalue weighted by atomic mass is 32.2. The molecule has 0 saturated carbocycles. The molecule has 0 aliphatic carbocycles. The number of carbonyl (C=O) groups excluding carboxylic acids is 1. The quantitative estimate of drug-likeness (QED) is 0.613. The van der Waals surface area contributed by atoms with E-state index in [0.717, 1.165) is 5.75 Å². The van der Waals surface area contributed by atoms with Crippen LogP contribution in [-0.4, -0.2) is 61.0 Å². The topological polar surface area (TPSA) is 84.9 Å². The molecule has 18 heavy (non-hydrogen) atoms. The third kappa shape index (κ3) is 4.47. The summed E-state index contributed by atoms with van der Waals surface area (Å²) in [5.41, 5.74) is -1.09. The van der Waals surface area contributed by atoms with E-state index in [-0.39, 0.29) is 18.9 Å². The predicted octanol–water partition coefficient (Wildman–Crippen LogP) is 0.116. The minimum absolute atomic E-state index is 0.170. The van der Waals surface area contributed by atoms with Crippen molar-refractivity contribution in [3.05, 3.63) is 0 Å². The molecule has 1 unspecified atom stereocenters. The van der Waals surface area contributed by atoms with Gasteiger partial charge in [0.15, 0.2) is 0 Å². The van der Waals surface area contributed by atoms with Gasteiger partial charge in [0.1, 0.15) is 5.54 Å². The summed E-state index contributed by atoms with van der Waals surface area (Å²) < 4.78 is 9.96. The lowest BCUT2D eigenvalue weighted by atomic mass is 9.99. The van der Waals surface area contributed by atoms with Gasteiger partial charge >= 0.3 is 5.97 Å². The Morgan fingerprint density at radius 2 is 2.17 bits per heavy atom. The Balaban J connectivity index is 2.27. The lowest BCUT2D eigenvalue weighted by Crippen LogP contribution is -2.54. The summed E-state index contributed by atoms with van der Waals surface area (Å²) in [6, 6.07) is 0. The molecule has 1 atom stereocenters. The van der Waals surface area contributed by atoms with E-state index in [1.54, 1.807) is 18.9 Å². The van der Waals surface area contributed by atoms with Gasteiger partial charge in [0.25, 0.3) is 0 Å².